The summed E-state index contributed by atoms with van der Waals surface area (Å²) in [5.41, 5.74) is 2.90. The van der Waals surface area contributed by atoms with Crippen LogP contribution in [0.15, 0.2) is 90.3 Å². The quantitative estimate of drug-likeness (QED) is 0.317. The molecule has 1 aliphatic heterocycles. The fourth-order valence-corrected chi connectivity index (χ4v) is 5.25. The number of aromatic nitrogens is 3. The molecule has 6 rings (SSSR count). The lowest BCUT2D eigenvalue weighted by Gasteiger charge is -2.30. The van der Waals surface area contributed by atoms with E-state index in [0.29, 0.717) is 22.7 Å². The van der Waals surface area contributed by atoms with Crippen molar-refractivity contribution in [1.29, 1.82) is 0 Å². The summed E-state index contributed by atoms with van der Waals surface area (Å²) >= 11 is 1.42. The van der Waals surface area contributed by atoms with Gasteiger partial charge in [0.15, 0.2) is 11.5 Å². The van der Waals surface area contributed by atoms with Crippen molar-refractivity contribution < 1.29 is 19.1 Å². The molecule has 10 heteroatoms. The monoisotopic (exact) mass is 525 g/mol. The molecule has 9 nitrogen and oxygen atoms in total. The van der Waals surface area contributed by atoms with Gasteiger partial charge in [0.25, 0.3) is 5.91 Å². The van der Waals surface area contributed by atoms with E-state index in [1.54, 1.807) is 27.8 Å². The van der Waals surface area contributed by atoms with Crippen LogP contribution in [0.5, 0.6) is 11.5 Å². The first-order chi connectivity index (χ1) is 18.7. The van der Waals surface area contributed by atoms with Crippen molar-refractivity contribution in [2.75, 3.05) is 12.1 Å². The van der Waals surface area contributed by atoms with Gasteiger partial charge in [-0.2, -0.15) is 0 Å². The highest BCUT2D eigenvalue weighted by Gasteiger charge is 2.33. The smallest absolute Gasteiger partial charge is 0.252 e. The number of nitrogens with zero attached hydrogens (tertiary/aromatic N) is 4. The molecule has 0 spiro atoms. The zero-order valence-corrected chi connectivity index (χ0v) is 21.0. The van der Waals surface area contributed by atoms with Crippen LogP contribution in [0, 0.1) is 0 Å². The SMILES string of the molecule is O=C(Nc1ccc2c(c1)OCO2)[C@H](c1cccs1)N(Cc1ccccc1)C(=O)Cn1nnc2ccccc21. The van der Waals surface area contributed by atoms with E-state index in [1.165, 1.54) is 11.3 Å². The molecular weight excluding hydrogens is 502 g/mol. The number of hydrogen-bond donors (Lipinski definition) is 1. The molecule has 2 aromatic heterocycles. The molecule has 5 aromatic rings. The number of ether oxygens (including phenoxy) is 2. The average Bonchev–Trinajstić information content (AvgIpc) is 3.71. The maximum absolute atomic E-state index is 13.9. The van der Waals surface area contributed by atoms with Crippen molar-refractivity contribution in [3.8, 4) is 11.5 Å². The van der Waals surface area contributed by atoms with Gasteiger partial charge in [0.1, 0.15) is 18.1 Å². The fraction of sp³-hybridized carbons (Fsp3) is 0.143. The number of carbonyl (C=O) groups is 2. The Balaban J connectivity index is 1.34. The number of amides is 2. The average molecular weight is 526 g/mol. The van der Waals surface area contributed by atoms with Gasteiger partial charge in [0.05, 0.1) is 5.52 Å². The normalized spacial score (nSPS) is 12.8. The number of anilines is 1. The van der Waals surface area contributed by atoms with Crippen molar-refractivity contribution in [2.45, 2.75) is 19.1 Å². The number of thiophene rings is 1. The number of fused-ring (bicyclic) bond motifs is 2. The summed E-state index contributed by atoms with van der Waals surface area (Å²) in [7, 11) is 0. The van der Waals surface area contributed by atoms with E-state index in [-0.39, 0.29) is 31.7 Å². The zero-order chi connectivity index (χ0) is 25.9. The lowest BCUT2D eigenvalue weighted by atomic mass is 10.1. The molecule has 0 saturated carbocycles. The van der Waals surface area contributed by atoms with Crippen molar-refractivity contribution >= 4 is 39.9 Å². The van der Waals surface area contributed by atoms with Crippen LogP contribution >= 0.6 is 11.3 Å². The highest BCUT2D eigenvalue weighted by molar-refractivity contribution is 7.10. The van der Waals surface area contributed by atoms with Gasteiger partial charge in [-0.1, -0.05) is 53.7 Å². The number of nitrogens with one attached hydrogen (secondary N) is 1. The fourth-order valence-electron chi connectivity index (χ4n) is 4.41. The summed E-state index contributed by atoms with van der Waals surface area (Å²) in [6.07, 6.45) is 0. The molecule has 0 bridgehead atoms. The van der Waals surface area contributed by atoms with Gasteiger partial charge in [-0.25, -0.2) is 4.68 Å². The van der Waals surface area contributed by atoms with Crippen LogP contribution < -0.4 is 14.8 Å². The van der Waals surface area contributed by atoms with Crippen LogP contribution in [0.25, 0.3) is 11.0 Å². The third-order valence-corrected chi connectivity index (χ3v) is 7.16. The van der Waals surface area contributed by atoms with Crippen LogP contribution in [0.3, 0.4) is 0 Å². The van der Waals surface area contributed by atoms with E-state index < -0.39 is 6.04 Å². The molecule has 0 radical (unpaired) electrons. The van der Waals surface area contributed by atoms with E-state index >= 15 is 0 Å². The van der Waals surface area contributed by atoms with Gasteiger partial charge in [-0.05, 0) is 41.3 Å². The predicted molar refractivity (Wildman–Crippen MR) is 143 cm³/mol. The van der Waals surface area contributed by atoms with E-state index in [1.807, 2.05) is 72.1 Å². The molecule has 1 aliphatic rings. The summed E-state index contributed by atoms with van der Waals surface area (Å²) in [4.78, 5) is 30.1. The second kappa shape index (κ2) is 10.3. The molecule has 38 heavy (non-hydrogen) atoms. The van der Waals surface area contributed by atoms with E-state index in [4.69, 9.17) is 9.47 Å². The molecule has 0 unspecified atom stereocenters. The Morgan fingerprint density at radius 3 is 2.63 bits per heavy atom. The molecule has 1 atom stereocenters. The number of carbonyl (C=O) groups excluding carboxylic acids is 2. The molecule has 0 saturated heterocycles. The lowest BCUT2D eigenvalue weighted by Crippen LogP contribution is -2.42. The molecule has 190 valence electrons. The van der Waals surface area contributed by atoms with Gasteiger partial charge in [-0.3, -0.25) is 9.59 Å². The van der Waals surface area contributed by atoms with Crippen LogP contribution in [0.1, 0.15) is 16.5 Å². The first kappa shape index (κ1) is 23.7. The second-order valence-electron chi connectivity index (χ2n) is 8.72. The Labute approximate surface area is 222 Å². The van der Waals surface area contributed by atoms with Gasteiger partial charge >= 0.3 is 0 Å². The minimum atomic E-state index is -0.872. The Bertz CT molecular complexity index is 1590. The summed E-state index contributed by atoms with van der Waals surface area (Å²) in [5.74, 6) is 0.590. The second-order valence-corrected chi connectivity index (χ2v) is 9.70. The number of hydrogen-bond acceptors (Lipinski definition) is 7. The summed E-state index contributed by atoms with van der Waals surface area (Å²) in [6.45, 7) is 0.316. The maximum atomic E-state index is 13.9. The molecule has 2 amide bonds. The first-order valence-corrected chi connectivity index (χ1v) is 12.9. The molecule has 3 heterocycles. The number of rotatable bonds is 8. The largest absolute Gasteiger partial charge is 0.454 e. The zero-order valence-electron chi connectivity index (χ0n) is 20.2. The number of benzene rings is 3. The van der Waals surface area contributed by atoms with Crippen LogP contribution in [0.2, 0.25) is 0 Å². The lowest BCUT2D eigenvalue weighted by molar-refractivity contribution is -0.140. The molecule has 0 fully saturated rings. The minimum absolute atomic E-state index is 0.0630. The van der Waals surface area contributed by atoms with Crippen molar-refractivity contribution in [1.82, 2.24) is 19.9 Å². The minimum Gasteiger partial charge on any atom is -0.454 e. The van der Waals surface area contributed by atoms with Crippen molar-refractivity contribution in [3.63, 3.8) is 0 Å². The maximum Gasteiger partial charge on any atom is 0.252 e. The highest BCUT2D eigenvalue weighted by atomic mass is 32.1. The molecule has 1 N–H and O–H groups in total. The van der Waals surface area contributed by atoms with E-state index in [9.17, 15) is 9.59 Å². The van der Waals surface area contributed by atoms with Gasteiger partial charge in [0, 0.05) is 23.2 Å². The van der Waals surface area contributed by atoms with Gasteiger partial charge < -0.3 is 19.7 Å². The van der Waals surface area contributed by atoms with Crippen LogP contribution in [-0.4, -0.2) is 38.5 Å². The first-order valence-electron chi connectivity index (χ1n) is 12.0. The summed E-state index contributed by atoms with van der Waals surface area (Å²) in [6, 6.07) is 25.2. The predicted octanol–water partition coefficient (Wildman–Crippen LogP) is 4.63. The third kappa shape index (κ3) is 4.81. The molecule has 0 aliphatic carbocycles. The van der Waals surface area contributed by atoms with E-state index in [0.717, 1.165) is 16.0 Å². The highest BCUT2D eigenvalue weighted by Crippen LogP contribution is 2.35. The molecule has 3 aromatic carbocycles. The summed E-state index contributed by atoms with van der Waals surface area (Å²) < 4.78 is 12.4. The Morgan fingerprint density at radius 2 is 1.79 bits per heavy atom. The van der Waals surface area contributed by atoms with Crippen molar-refractivity contribution in [3.05, 3.63) is 101 Å². The van der Waals surface area contributed by atoms with Gasteiger partial charge in [-0.15, -0.1) is 16.4 Å². The number of para-hydroxylation sites is 1. The van der Waals surface area contributed by atoms with E-state index in [2.05, 4.69) is 15.6 Å². The third-order valence-electron chi connectivity index (χ3n) is 6.23. The standard InChI is InChI=1S/C28H23N5O4S/c34-26(17-33-22-10-5-4-9-21(22)30-31-33)32(16-19-7-2-1-3-8-19)27(25-11-6-14-38-25)28(35)29-20-12-13-23-24(15-20)37-18-36-23/h1-15,27H,16-18H2,(H,29,35)/t27-/m0/s1. The Kier molecular flexibility index (Phi) is 6.45. The topological polar surface area (TPSA) is 98.6 Å². The summed E-state index contributed by atoms with van der Waals surface area (Å²) in [5, 5.41) is 13.2. The van der Waals surface area contributed by atoms with Crippen LogP contribution in [0.4, 0.5) is 5.69 Å². The van der Waals surface area contributed by atoms with Crippen LogP contribution in [-0.2, 0) is 22.7 Å². The molecular formula is C28H23N5O4S. The van der Waals surface area contributed by atoms with Gasteiger partial charge in [0.2, 0.25) is 12.7 Å². The Morgan fingerprint density at radius 1 is 0.974 bits per heavy atom. The van der Waals surface area contributed by atoms with Crippen molar-refractivity contribution in [2.24, 2.45) is 0 Å². The Hall–Kier alpha value is -4.70.